The van der Waals surface area contributed by atoms with E-state index in [-0.39, 0.29) is 47.3 Å². The second kappa shape index (κ2) is 13.4. The molecule has 2 aromatic rings. The summed E-state index contributed by atoms with van der Waals surface area (Å²) >= 11 is 0.885. The van der Waals surface area contributed by atoms with Crippen molar-refractivity contribution in [3.63, 3.8) is 0 Å². The summed E-state index contributed by atoms with van der Waals surface area (Å²) in [5, 5.41) is 22.7. The van der Waals surface area contributed by atoms with Crippen LogP contribution in [0.4, 0.5) is 8.78 Å². The molecule has 0 aromatic carbocycles. The predicted molar refractivity (Wildman–Crippen MR) is 170 cm³/mol. The molecule has 0 amide bonds. The van der Waals surface area contributed by atoms with E-state index in [0.717, 1.165) is 36.5 Å². The van der Waals surface area contributed by atoms with Crippen molar-refractivity contribution in [2.45, 2.75) is 69.1 Å². The van der Waals surface area contributed by atoms with Gasteiger partial charge in [-0.1, -0.05) is 44.7 Å². The molecule has 3 heterocycles. The Morgan fingerprint density at radius 1 is 1.24 bits per heavy atom. The van der Waals surface area contributed by atoms with Crippen molar-refractivity contribution in [2.24, 2.45) is 10.4 Å². The molecule has 1 saturated carbocycles. The van der Waals surface area contributed by atoms with Crippen LogP contribution in [0.15, 0.2) is 35.6 Å². The molecule has 10 nitrogen and oxygen atoms in total. The van der Waals surface area contributed by atoms with Crippen molar-refractivity contribution in [3.8, 4) is 6.07 Å². The maximum Gasteiger partial charge on any atom is 0.321 e. The molecule has 3 atom stereocenters. The van der Waals surface area contributed by atoms with Gasteiger partial charge in [-0.15, -0.1) is 0 Å². The Morgan fingerprint density at radius 3 is 2.62 bits per heavy atom. The third-order valence-electron chi connectivity index (χ3n) is 8.07. The van der Waals surface area contributed by atoms with Crippen LogP contribution < -0.4 is 5.32 Å². The molecule has 0 spiro atoms. The van der Waals surface area contributed by atoms with Crippen LogP contribution in [0.5, 0.6) is 0 Å². The van der Waals surface area contributed by atoms with E-state index in [4.69, 9.17) is 19.7 Å². The Bertz CT molecular complexity index is 1560. The fourth-order valence-corrected chi connectivity index (χ4v) is 7.59. The van der Waals surface area contributed by atoms with Crippen molar-refractivity contribution in [1.29, 1.82) is 5.26 Å². The average molecular weight is 658 g/mol. The van der Waals surface area contributed by atoms with Crippen molar-refractivity contribution in [2.75, 3.05) is 19.9 Å². The number of unbranched alkanes of at least 4 members (excludes halogenated alkanes) is 1. The minimum Gasteiger partial charge on any atom is -0.480 e. The number of aliphatic imine (C=N–C) groups is 1. The van der Waals surface area contributed by atoms with Crippen LogP contribution in [0.2, 0.25) is 25.7 Å². The van der Waals surface area contributed by atoms with Gasteiger partial charge in [0.05, 0.1) is 17.9 Å². The number of rotatable bonds is 13. The van der Waals surface area contributed by atoms with Crippen LogP contribution in [0.1, 0.15) is 55.5 Å². The largest absolute Gasteiger partial charge is 0.480 e. The highest BCUT2D eigenvalue weighted by atomic mass is 32.2. The average Bonchev–Trinajstić information content (AvgIpc) is 3.70. The molecule has 1 fully saturated rings. The first-order valence-electron chi connectivity index (χ1n) is 14.6. The second-order valence-corrected chi connectivity index (χ2v) is 19.4. The van der Waals surface area contributed by atoms with Gasteiger partial charge in [0.15, 0.2) is 5.17 Å². The molecule has 3 unspecified atom stereocenters. The van der Waals surface area contributed by atoms with Gasteiger partial charge < -0.3 is 19.9 Å². The van der Waals surface area contributed by atoms with E-state index in [2.05, 4.69) is 34.9 Å². The smallest absolute Gasteiger partial charge is 0.321 e. The van der Waals surface area contributed by atoms with Crippen molar-refractivity contribution >= 4 is 48.8 Å². The highest BCUT2D eigenvalue weighted by molar-refractivity contribution is 8.16. The first-order valence-corrected chi connectivity index (χ1v) is 19.2. The molecular weight excluding hydrogens is 621 g/mol. The highest BCUT2D eigenvalue weighted by Crippen LogP contribution is 2.75. The van der Waals surface area contributed by atoms with E-state index in [1.807, 2.05) is 13.0 Å². The number of thioether (sulfide) groups is 1. The predicted octanol–water partition coefficient (Wildman–Crippen LogP) is 5.73. The van der Waals surface area contributed by atoms with Gasteiger partial charge >= 0.3 is 11.9 Å². The molecule has 0 radical (unpaired) electrons. The number of carboxylic acids is 1. The summed E-state index contributed by atoms with van der Waals surface area (Å²) < 4.78 is 40.5. The summed E-state index contributed by atoms with van der Waals surface area (Å²) in [5.41, 5.74) is -3.43. The van der Waals surface area contributed by atoms with Crippen LogP contribution in [-0.2, 0) is 24.6 Å². The van der Waals surface area contributed by atoms with Gasteiger partial charge in [-0.05, 0) is 55.6 Å². The lowest BCUT2D eigenvalue weighted by atomic mass is 9.75. The highest BCUT2D eigenvalue weighted by Gasteiger charge is 2.87. The molecule has 4 rings (SSSR count). The summed E-state index contributed by atoms with van der Waals surface area (Å²) in [6.07, 6.45) is 4.56. The van der Waals surface area contributed by atoms with Crippen molar-refractivity contribution < 1.29 is 33.0 Å². The van der Waals surface area contributed by atoms with Gasteiger partial charge in [-0.2, -0.15) is 9.65 Å². The fourth-order valence-electron chi connectivity index (χ4n) is 5.31. The van der Waals surface area contributed by atoms with Gasteiger partial charge in [0.1, 0.15) is 34.3 Å². The molecule has 1 aliphatic heterocycles. The maximum atomic E-state index is 15.7. The lowest BCUT2D eigenvalue weighted by molar-refractivity contribution is -0.156. The van der Waals surface area contributed by atoms with Gasteiger partial charge in [-0.3, -0.25) is 14.6 Å². The first kappa shape index (κ1) is 34.2. The number of aromatic nitrogens is 2. The fraction of sp³-hybridized carbons (Fsp3) is 0.484. The zero-order chi connectivity index (χ0) is 33.0. The number of pyridine rings is 2. The van der Waals surface area contributed by atoms with E-state index >= 15 is 8.78 Å². The van der Waals surface area contributed by atoms with Crippen LogP contribution in [0.25, 0.3) is 11.9 Å². The Balaban J connectivity index is 1.77. The zero-order valence-electron chi connectivity index (χ0n) is 25.9. The van der Waals surface area contributed by atoms with Gasteiger partial charge in [0.25, 0.3) is 0 Å². The van der Waals surface area contributed by atoms with Crippen molar-refractivity contribution in [3.05, 3.63) is 58.9 Å². The Labute approximate surface area is 266 Å². The molecule has 14 heteroatoms. The second-order valence-electron chi connectivity index (χ2n) is 12.5. The van der Waals surface area contributed by atoms with E-state index < -0.39 is 47.5 Å². The molecule has 2 N–H and O–H groups in total. The minimum atomic E-state index is -1.80. The SMILES string of the molecule is CCCCOC(=O)C12CC1(C(=O)O)SC(NCOCC[Si](C)(C)C)=NC2(C)c1cc(C=C(F)c2ccc(C#N)cn2)cnc1F. The summed E-state index contributed by atoms with van der Waals surface area (Å²) in [6.45, 7) is 10.7. The quantitative estimate of drug-likeness (QED) is 0.0900. The van der Waals surface area contributed by atoms with Crippen molar-refractivity contribution in [1.82, 2.24) is 15.3 Å². The molecule has 1 aliphatic carbocycles. The number of carbonyl (C=O) groups is 2. The molecular formula is C31H37F2N5O5SSi. The monoisotopic (exact) mass is 657 g/mol. The van der Waals surface area contributed by atoms with Crippen LogP contribution >= 0.6 is 11.8 Å². The third-order valence-corrected chi connectivity index (χ3v) is 11.2. The van der Waals surface area contributed by atoms with E-state index in [0.29, 0.717) is 13.0 Å². The standard InChI is InChI=1S/C31H37F2N5O5SSi/c1-6-7-10-43-27(41)30-18-31(30,26(39)40)44-28(37-19-42-11-12-45(3,4)5)38-29(30,2)22-13-21(17-36-25(22)33)14-23(32)24-9-8-20(15-34)16-35-24/h8-9,13-14,16-17H,6-7,10-12,18-19H2,1-5H3,(H,37,38)(H,39,40). The number of aliphatic carboxylic acids is 1. The maximum absolute atomic E-state index is 15.7. The Kier molecular flexibility index (Phi) is 10.2. The summed E-state index contributed by atoms with van der Waals surface area (Å²) in [4.78, 5) is 39.2. The summed E-state index contributed by atoms with van der Waals surface area (Å²) in [6, 6.07) is 6.88. The molecule has 0 saturated heterocycles. The third kappa shape index (κ3) is 6.80. The number of esters is 1. The number of hydrogen-bond donors (Lipinski definition) is 2. The normalized spacial score (nSPS) is 24.2. The Hall–Kier alpha value is -3.67. The summed E-state index contributed by atoms with van der Waals surface area (Å²) in [5.74, 6) is -3.82. The van der Waals surface area contributed by atoms with Gasteiger partial charge in [-0.25, -0.2) is 14.4 Å². The van der Waals surface area contributed by atoms with Crippen LogP contribution in [0, 0.1) is 22.7 Å². The molecule has 0 bridgehead atoms. The number of amidine groups is 1. The molecule has 2 aliphatic rings. The number of nitriles is 1. The number of nitrogens with zero attached hydrogens (tertiary/aromatic N) is 4. The zero-order valence-corrected chi connectivity index (χ0v) is 27.8. The minimum absolute atomic E-state index is 0.0301. The number of carbonyl (C=O) groups excluding carboxylic acids is 1. The molecule has 45 heavy (non-hydrogen) atoms. The van der Waals surface area contributed by atoms with E-state index in [1.165, 1.54) is 31.3 Å². The number of ether oxygens (including phenoxy) is 2. The number of halogens is 2. The summed E-state index contributed by atoms with van der Waals surface area (Å²) in [7, 11) is -1.35. The first-order chi connectivity index (χ1) is 21.2. The van der Waals surface area contributed by atoms with E-state index in [9.17, 15) is 14.7 Å². The van der Waals surface area contributed by atoms with Crippen LogP contribution in [-0.4, -0.2) is 64.9 Å². The molecule has 2 aromatic heterocycles. The van der Waals surface area contributed by atoms with Gasteiger partial charge in [0.2, 0.25) is 5.95 Å². The Morgan fingerprint density at radius 2 is 2.00 bits per heavy atom. The number of carboxylic acid groups (broad SMARTS) is 1. The topological polar surface area (TPSA) is 147 Å². The lowest BCUT2D eigenvalue weighted by Gasteiger charge is -2.40. The van der Waals surface area contributed by atoms with Gasteiger partial charge in [0, 0.05) is 32.6 Å². The lowest BCUT2D eigenvalue weighted by Crippen LogP contribution is -2.52. The van der Waals surface area contributed by atoms with E-state index in [1.54, 1.807) is 0 Å². The number of fused-ring (bicyclic) bond motifs is 1. The number of hydrogen-bond acceptors (Lipinski definition) is 10. The molecule has 240 valence electrons. The number of nitrogens with one attached hydrogen (secondary N) is 1. The van der Waals surface area contributed by atoms with Crippen LogP contribution in [0.3, 0.4) is 0 Å².